The molecule has 0 spiro atoms. The highest BCUT2D eigenvalue weighted by atomic mass is 16.2. The van der Waals surface area contributed by atoms with E-state index in [0.29, 0.717) is 18.9 Å². The van der Waals surface area contributed by atoms with Gasteiger partial charge < -0.3 is 0 Å². The molecule has 3 aromatic heterocycles. The number of rotatable bonds is 4. The van der Waals surface area contributed by atoms with Gasteiger partial charge in [-0.05, 0) is 70.2 Å². The van der Waals surface area contributed by atoms with Gasteiger partial charge in [0.15, 0.2) is 5.65 Å². The van der Waals surface area contributed by atoms with E-state index in [0.717, 1.165) is 52.2 Å². The van der Waals surface area contributed by atoms with Crippen molar-refractivity contribution in [2.24, 2.45) is 4.99 Å². The Morgan fingerprint density at radius 3 is 2.67 bits per heavy atom. The minimum absolute atomic E-state index is 0.0695. The molecule has 0 atom stereocenters. The zero-order valence-corrected chi connectivity index (χ0v) is 18.5. The molecule has 3 heterocycles. The Hall–Kier alpha value is -2.76. The number of carbonyl (C=O) groups is 1. The maximum atomic E-state index is 13.1. The van der Waals surface area contributed by atoms with E-state index in [1.807, 2.05) is 49.7 Å². The van der Waals surface area contributed by atoms with Gasteiger partial charge in [0.25, 0.3) is 0 Å². The van der Waals surface area contributed by atoms with Crippen LogP contribution in [0.1, 0.15) is 71.5 Å². The smallest absolute Gasteiger partial charge is 0.232 e. The van der Waals surface area contributed by atoms with Gasteiger partial charge in [0.05, 0.1) is 11.7 Å². The number of aryl methyl sites for hydroxylation is 4. The third-order valence-corrected chi connectivity index (χ3v) is 6.12. The molecule has 30 heavy (non-hydrogen) atoms. The summed E-state index contributed by atoms with van der Waals surface area (Å²) in [4.78, 5) is 22.8. The van der Waals surface area contributed by atoms with E-state index in [1.54, 1.807) is 4.57 Å². The van der Waals surface area contributed by atoms with Gasteiger partial charge in [-0.1, -0.05) is 19.3 Å². The number of nitrogens with zero attached hydrogens (tertiary/aromatic N) is 5. The van der Waals surface area contributed by atoms with Gasteiger partial charge >= 0.3 is 0 Å². The Labute approximate surface area is 177 Å². The highest BCUT2D eigenvalue weighted by Crippen LogP contribution is 2.20. The zero-order valence-electron chi connectivity index (χ0n) is 18.5. The first-order chi connectivity index (χ1) is 14.4. The zero-order chi connectivity index (χ0) is 21.3. The van der Waals surface area contributed by atoms with Gasteiger partial charge in [-0.25, -0.2) is 9.50 Å². The molecule has 4 rings (SSSR count). The van der Waals surface area contributed by atoms with E-state index < -0.39 is 0 Å². The van der Waals surface area contributed by atoms with Crippen LogP contribution < -0.4 is 5.49 Å². The molecule has 1 aliphatic carbocycles. The molecule has 0 amide bonds. The van der Waals surface area contributed by atoms with Crippen molar-refractivity contribution in [3.63, 3.8) is 0 Å². The average Bonchev–Trinajstić information content (AvgIpc) is 3.09. The van der Waals surface area contributed by atoms with Crippen molar-refractivity contribution in [3.8, 4) is 0 Å². The van der Waals surface area contributed by atoms with Gasteiger partial charge in [-0.2, -0.15) is 5.10 Å². The van der Waals surface area contributed by atoms with Crippen LogP contribution in [0.25, 0.3) is 5.65 Å². The summed E-state index contributed by atoms with van der Waals surface area (Å²) in [5, 5.41) is 4.54. The van der Waals surface area contributed by atoms with Crippen LogP contribution in [0, 0.1) is 27.7 Å². The van der Waals surface area contributed by atoms with Crippen molar-refractivity contribution in [1.82, 2.24) is 19.2 Å². The first-order valence-electron chi connectivity index (χ1n) is 11.0. The summed E-state index contributed by atoms with van der Waals surface area (Å²) < 4.78 is 3.61. The number of fused-ring (bicyclic) bond motifs is 1. The normalized spacial score (nSPS) is 15.8. The quantitative estimate of drug-likeness (QED) is 0.651. The van der Waals surface area contributed by atoms with E-state index in [2.05, 4.69) is 17.0 Å². The molecule has 158 valence electrons. The molecule has 1 saturated carbocycles. The molecule has 3 aromatic rings. The summed E-state index contributed by atoms with van der Waals surface area (Å²) in [6, 6.07) is 6.33. The molecule has 0 N–H and O–H groups in total. The van der Waals surface area contributed by atoms with Gasteiger partial charge in [0.1, 0.15) is 5.49 Å². The van der Waals surface area contributed by atoms with Crippen LogP contribution in [0.15, 0.2) is 29.4 Å². The highest BCUT2D eigenvalue weighted by Gasteiger charge is 2.15. The minimum atomic E-state index is 0.0695. The summed E-state index contributed by atoms with van der Waals surface area (Å²) in [5.41, 5.74) is 6.84. The summed E-state index contributed by atoms with van der Waals surface area (Å²) in [5.74, 6) is 0.0695. The van der Waals surface area contributed by atoms with Crippen molar-refractivity contribution in [1.29, 1.82) is 0 Å². The van der Waals surface area contributed by atoms with Crippen molar-refractivity contribution in [2.45, 2.75) is 78.7 Å². The average molecular weight is 406 g/mol. The number of carbonyl (C=O) groups excluding carboxylic acids is 1. The summed E-state index contributed by atoms with van der Waals surface area (Å²) in [6.07, 6.45) is 8.93. The third-order valence-electron chi connectivity index (χ3n) is 6.12. The summed E-state index contributed by atoms with van der Waals surface area (Å²) in [7, 11) is 0. The van der Waals surface area contributed by atoms with Crippen molar-refractivity contribution < 1.29 is 4.79 Å². The number of pyridine rings is 1. The first kappa shape index (κ1) is 20.5. The van der Waals surface area contributed by atoms with Crippen molar-refractivity contribution in [2.75, 3.05) is 0 Å². The second kappa shape index (κ2) is 8.54. The standard InChI is InChI=1S/C24H31N5O/c1-16-12-13-28(22(14-16)26-20-8-6-5-7-9-20)24(30)11-10-21-18(3)25-23-15-17(2)27-29(23)19(21)4/h12-15,20H,5-11H2,1-4H3. The van der Waals surface area contributed by atoms with Crippen molar-refractivity contribution >= 4 is 11.6 Å². The molecular formula is C24H31N5O. The monoisotopic (exact) mass is 405 g/mol. The lowest BCUT2D eigenvalue weighted by Gasteiger charge is -2.18. The van der Waals surface area contributed by atoms with Crippen LogP contribution >= 0.6 is 0 Å². The van der Waals surface area contributed by atoms with Crippen LogP contribution in [-0.2, 0) is 6.42 Å². The molecule has 6 heteroatoms. The molecule has 1 aliphatic rings. The van der Waals surface area contributed by atoms with Gasteiger partial charge in [0.2, 0.25) is 5.91 Å². The van der Waals surface area contributed by atoms with Crippen LogP contribution in [0.3, 0.4) is 0 Å². The van der Waals surface area contributed by atoms with E-state index in [-0.39, 0.29) is 5.91 Å². The van der Waals surface area contributed by atoms with Crippen LogP contribution in [0.5, 0.6) is 0 Å². The van der Waals surface area contributed by atoms with Crippen LogP contribution in [0.4, 0.5) is 0 Å². The van der Waals surface area contributed by atoms with Gasteiger partial charge in [-0.15, -0.1) is 0 Å². The fourth-order valence-corrected chi connectivity index (χ4v) is 4.45. The number of aromatic nitrogens is 4. The van der Waals surface area contributed by atoms with Gasteiger partial charge in [0, 0.05) is 30.1 Å². The predicted molar refractivity (Wildman–Crippen MR) is 118 cm³/mol. The molecular weight excluding hydrogens is 374 g/mol. The largest absolute Gasteiger partial charge is 0.274 e. The second-order valence-corrected chi connectivity index (χ2v) is 8.56. The Morgan fingerprint density at radius 1 is 1.13 bits per heavy atom. The Bertz CT molecular complexity index is 1150. The fraction of sp³-hybridized carbons (Fsp3) is 0.500. The van der Waals surface area contributed by atoms with Crippen LogP contribution in [-0.4, -0.2) is 31.1 Å². The van der Waals surface area contributed by atoms with E-state index in [1.165, 1.54) is 19.3 Å². The molecule has 0 bridgehead atoms. The molecule has 1 fully saturated rings. The van der Waals surface area contributed by atoms with E-state index >= 15 is 0 Å². The molecule has 0 saturated heterocycles. The lowest BCUT2D eigenvalue weighted by Crippen LogP contribution is -2.29. The van der Waals surface area contributed by atoms with E-state index in [9.17, 15) is 4.79 Å². The fourth-order valence-electron chi connectivity index (χ4n) is 4.45. The van der Waals surface area contributed by atoms with Gasteiger partial charge in [-0.3, -0.25) is 14.4 Å². The summed E-state index contributed by atoms with van der Waals surface area (Å²) in [6.45, 7) is 8.08. The third kappa shape index (κ3) is 4.23. The maximum Gasteiger partial charge on any atom is 0.232 e. The lowest BCUT2D eigenvalue weighted by molar-refractivity contribution is 0.0897. The molecule has 6 nitrogen and oxygen atoms in total. The molecule has 0 radical (unpaired) electrons. The van der Waals surface area contributed by atoms with Crippen LogP contribution in [0.2, 0.25) is 0 Å². The molecule has 0 aromatic carbocycles. The lowest BCUT2D eigenvalue weighted by atomic mass is 9.96. The van der Waals surface area contributed by atoms with Crippen molar-refractivity contribution in [3.05, 3.63) is 58.1 Å². The minimum Gasteiger partial charge on any atom is -0.274 e. The second-order valence-electron chi connectivity index (χ2n) is 8.56. The topological polar surface area (TPSA) is 64.5 Å². The maximum absolute atomic E-state index is 13.1. The molecule has 0 unspecified atom stereocenters. The number of hydrogen-bond donors (Lipinski definition) is 0. The Morgan fingerprint density at radius 2 is 1.90 bits per heavy atom. The first-order valence-corrected chi connectivity index (χ1v) is 11.0. The Balaban J connectivity index is 1.59. The predicted octanol–water partition coefficient (Wildman–Crippen LogP) is 4.27. The summed E-state index contributed by atoms with van der Waals surface area (Å²) >= 11 is 0. The number of hydrogen-bond acceptors (Lipinski definition) is 4. The van der Waals surface area contributed by atoms with E-state index in [4.69, 9.17) is 4.99 Å². The SMILES string of the molecule is Cc1ccn(C(=O)CCc2c(C)nc3cc(C)nn3c2C)c(=NC2CCCCC2)c1. The molecule has 0 aliphatic heterocycles. The highest BCUT2D eigenvalue weighted by molar-refractivity contribution is 5.79. The Kier molecular flexibility index (Phi) is 5.84.